The zero-order valence-electron chi connectivity index (χ0n) is 11.9. The van der Waals surface area contributed by atoms with Gasteiger partial charge >= 0.3 is 5.97 Å². The van der Waals surface area contributed by atoms with Gasteiger partial charge in [-0.2, -0.15) is 0 Å². The first-order valence-corrected chi connectivity index (χ1v) is 8.34. The van der Waals surface area contributed by atoms with Crippen LogP contribution in [0.5, 0.6) is 0 Å². The molecule has 1 heterocycles. The zero-order valence-corrected chi connectivity index (χ0v) is 15.1. The van der Waals surface area contributed by atoms with Crippen molar-refractivity contribution in [3.05, 3.63) is 32.7 Å². The number of carboxylic acids is 1. The number of halogens is 2. The molecule has 1 fully saturated rings. The fourth-order valence-corrected chi connectivity index (χ4v) is 3.95. The molecule has 1 aromatic carbocycles. The van der Waals surface area contributed by atoms with Gasteiger partial charge in [-0.25, -0.2) is 0 Å². The van der Waals surface area contributed by atoms with Crippen molar-refractivity contribution in [3.63, 3.8) is 0 Å². The maximum Gasteiger partial charge on any atom is 0.311 e. The molecule has 114 valence electrons. The minimum Gasteiger partial charge on any atom is -0.481 e. The van der Waals surface area contributed by atoms with Crippen molar-refractivity contribution in [3.8, 4) is 0 Å². The molecule has 4 nitrogen and oxygen atoms in total. The highest BCUT2D eigenvalue weighted by Crippen LogP contribution is 2.39. The van der Waals surface area contributed by atoms with Gasteiger partial charge in [0.1, 0.15) is 0 Å². The minimum atomic E-state index is -0.836. The second kappa shape index (κ2) is 6.08. The normalized spacial score (nSPS) is 21.9. The van der Waals surface area contributed by atoms with Crippen LogP contribution in [-0.4, -0.2) is 35.0 Å². The van der Waals surface area contributed by atoms with Gasteiger partial charge in [0.25, 0.3) is 5.91 Å². The Morgan fingerprint density at radius 2 is 2.00 bits per heavy atom. The van der Waals surface area contributed by atoms with Crippen molar-refractivity contribution in [2.75, 3.05) is 13.1 Å². The minimum absolute atomic E-state index is 0.0128. The lowest BCUT2D eigenvalue weighted by atomic mass is 9.76. The van der Waals surface area contributed by atoms with Gasteiger partial charge in [0.2, 0.25) is 0 Å². The number of likely N-dealkylation sites (tertiary alicyclic amines) is 1. The van der Waals surface area contributed by atoms with E-state index in [0.29, 0.717) is 23.0 Å². The van der Waals surface area contributed by atoms with E-state index in [1.54, 1.807) is 17.0 Å². The first-order chi connectivity index (χ1) is 9.78. The topological polar surface area (TPSA) is 57.6 Å². The largest absolute Gasteiger partial charge is 0.481 e. The molecule has 0 saturated carbocycles. The average Bonchev–Trinajstić information content (AvgIpc) is 2.84. The van der Waals surface area contributed by atoms with Gasteiger partial charge in [-0.3, -0.25) is 9.59 Å². The summed E-state index contributed by atoms with van der Waals surface area (Å²) in [6.07, 6.45) is 0.500. The molecule has 6 heteroatoms. The predicted octanol–water partition coefficient (Wildman–Crippen LogP) is 3.78. The summed E-state index contributed by atoms with van der Waals surface area (Å²) in [7, 11) is 0. The molecule has 0 aliphatic carbocycles. The summed E-state index contributed by atoms with van der Waals surface area (Å²) < 4.78 is 1.59. The summed E-state index contributed by atoms with van der Waals surface area (Å²) in [6, 6.07) is 5.36. The maximum absolute atomic E-state index is 12.6. The van der Waals surface area contributed by atoms with Crippen LogP contribution in [0.4, 0.5) is 0 Å². The van der Waals surface area contributed by atoms with Crippen molar-refractivity contribution in [2.45, 2.75) is 20.3 Å². The number of aliphatic carboxylic acids is 1. The van der Waals surface area contributed by atoms with E-state index in [2.05, 4.69) is 31.9 Å². The van der Waals surface area contributed by atoms with Crippen molar-refractivity contribution < 1.29 is 14.7 Å². The van der Waals surface area contributed by atoms with Crippen molar-refractivity contribution in [1.82, 2.24) is 4.90 Å². The van der Waals surface area contributed by atoms with Crippen LogP contribution in [0.15, 0.2) is 27.1 Å². The van der Waals surface area contributed by atoms with E-state index in [4.69, 9.17) is 0 Å². The Kier molecular flexibility index (Phi) is 4.78. The quantitative estimate of drug-likeness (QED) is 0.812. The summed E-state index contributed by atoms with van der Waals surface area (Å²) in [5.41, 5.74) is -0.277. The Labute approximate surface area is 140 Å². The number of rotatable bonds is 3. The van der Waals surface area contributed by atoms with Gasteiger partial charge in [-0.1, -0.05) is 29.8 Å². The lowest BCUT2D eigenvalue weighted by Crippen LogP contribution is -2.40. The Morgan fingerprint density at radius 3 is 2.48 bits per heavy atom. The van der Waals surface area contributed by atoms with Crippen LogP contribution in [0.25, 0.3) is 0 Å². The van der Waals surface area contributed by atoms with Gasteiger partial charge in [0, 0.05) is 22.0 Å². The molecule has 0 radical (unpaired) electrons. The zero-order chi connectivity index (χ0) is 15.8. The number of hydrogen-bond donors (Lipinski definition) is 1. The molecule has 0 bridgehead atoms. The summed E-state index contributed by atoms with van der Waals surface area (Å²) in [6.45, 7) is 4.54. The highest BCUT2D eigenvalue weighted by Gasteiger charge is 2.48. The third-order valence-corrected chi connectivity index (χ3v) is 5.43. The lowest BCUT2D eigenvalue weighted by molar-refractivity contribution is -0.150. The molecule has 1 N–H and O–H groups in total. The van der Waals surface area contributed by atoms with Crippen LogP contribution < -0.4 is 0 Å². The van der Waals surface area contributed by atoms with Crippen LogP contribution in [0.1, 0.15) is 30.6 Å². The number of carboxylic acid groups (broad SMARTS) is 1. The predicted molar refractivity (Wildman–Crippen MR) is 87.3 cm³/mol. The summed E-state index contributed by atoms with van der Waals surface area (Å²) in [5.74, 6) is -0.956. The van der Waals surface area contributed by atoms with Gasteiger partial charge in [0.15, 0.2) is 0 Å². The van der Waals surface area contributed by atoms with E-state index in [1.165, 1.54) is 0 Å². The van der Waals surface area contributed by atoms with Gasteiger partial charge in [-0.05, 0) is 46.5 Å². The summed E-state index contributed by atoms with van der Waals surface area (Å²) in [5, 5.41) is 9.54. The van der Waals surface area contributed by atoms with Gasteiger partial charge in [-0.15, -0.1) is 0 Å². The number of carbonyl (C=O) groups is 2. The second-order valence-electron chi connectivity index (χ2n) is 5.72. The van der Waals surface area contributed by atoms with Crippen LogP contribution in [0, 0.1) is 11.3 Å². The fourth-order valence-electron chi connectivity index (χ4n) is 2.73. The molecule has 1 aromatic rings. The number of nitrogens with zero attached hydrogens (tertiary/aromatic N) is 1. The molecule has 1 unspecified atom stereocenters. The highest BCUT2D eigenvalue weighted by molar-refractivity contribution is 9.11. The van der Waals surface area contributed by atoms with Crippen LogP contribution >= 0.6 is 31.9 Å². The number of benzene rings is 1. The maximum atomic E-state index is 12.6. The standard InChI is InChI=1S/C15H17Br2NO3/c1-9(2)15(14(20)21)5-6-18(8-15)13(19)11-4-3-10(16)7-12(11)17/h3-4,7,9H,5-6,8H2,1-2H3,(H,20,21). The van der Waals surface area contributed by atoms with Crippen LogP contribution in [0.2, 0.25) is 0 Å². The van der Waals surface area contributed by atoms with Crippen LogP contribution in [-0.2, 0) is 4.79 Å². The Morgan fingerprint density at radius 1 is 1.33 bits per heavy atom. The van der Waals surface area contributed by atoms with E-state index in [-0.39, 0.29) is 18.4 Å². The fraction of sp³-hybridized carbons (Fsp3) is 0.467. The van der Waals surface area contributed by atoms with Crippen LogP contribution in [0.3, 0.4) is 0 Å². The third kappa shape index (κ3) is 3.01. The smallest absolute Gasteiger partial charge is 0.311 e. The SMILES string of the molecule is CC(C)C1(C(=O)O)CCN(C(=O)c2ccc(Br)cc2Br)C1. The molecule has 1 atom stereocenters. The molecule has 1 amide bonds. The lowest BCUT2D eigenvalue weighted by Gasteiger charge is -2.28. The molecule has 1 aliphatic heterocycles. The molecule has 21 heavy (non-hydrogen) atoms. The van der Waals surface area contributed by atoms with E-state index >= 15 is 0 Å². The molecule has 1 saturated heterocycles. The summed E-state index contributed by atoms with van der Waals surface area (Å²) in [4.78, 5) is 25.9. The molecule has 0 spiro atoms. The second-order valence-corrected chi connectivity index (χ2v) is 7.49. The molecular weight excluding hydrogens is 402 g/mol. The van der Waals surface area contributed by atoms with E-state index in [1.807, 2.05) is 19.9 Å². The van der Waals surface area contributed by atoms with E-state index in [9.17, 15) is 14.7 Å². The molecule has 2 rings (SSSR count). The van der Waals surface area contributed by atoms with Crippen molar-refractivity contribution in [1.29, 1.82) is 0 Å². The Balaban J connectivity index is 2.25. The number of amides is 1. The van der Waals surface area contributed by atoms with Gasteiger partial charge in [0.05, 0.1) is 11.0 Å². The number of hydrogen-bond acceptors (Lipinski definition) is 2. The highest BCUT2D eigenvalue weighted by atomic mass is 79.9. The third-order valence-electron chi connectivity index (χ3n) is 4.28. The van der Waals surface area contributed by atoms with Gasteiger partial charge < -0.3 is 10.0 Å². The molecule has 0 aromatic heterocycles. The first kappa shape index (κ1) is 16.5. The molecular formula is C15H17Br2NO3. The summed E-state index contributed by atoms with van der Waals surface area (Å²) >= 11 is 6.74. The number of carbonyl (C=O) groups excluding carboxylic acids is 1. The van der Waals surface area contributed by atoms with Crippen molar-refractivity contribution in [2.24, 2.45) is 11.3 Å². The van der Waals surface area contributed by atoms with E-state index in [0.717, 1.165) is 4.47 Å². The average molecular weight is 419 g/mol. The Bertz CT molecular complexity index is 588. The van der Waals surface area contributed by atoms with Crippen molar-refractivity contribution >= 4 is 43.7 Å². The molecule has 1 aliphatic rings. The first-order valence-electron chi connectivity index (χ1n) is 6.75. The Hall–Kier alpha value is -0.880. The van der Waals surface area contributed by atoms with E-state index < -0.39 is 11.4 Å². The monoisotopic (exact) mass is 417 g/mol.